The normalized spacial score (nSPS) is 19.7. The van der Waals surface area contributed by atoms with E-state index in [2.05, 4.69) is 5.32 Å². The second kappa shape index (κ2) is 7.82. The van der Waals surface area contributed by atoms with Crippen molar-refractivity contribution in [2.75, 3.05) is 6.54 Å². The maximum absolute atomic E-state index is 12.3. The first-order chi connectivity index (χ1) is 12.8. The van der Waals surface area contributed by atoms with E-state index in [0.29, 0.717) is 35.9 Å². The zero-order chi connectivity index (χ0) is 19.6. The lowest BCUT2D eigenvalue weighted by atomic mass is 9.82. The lowest BCUT2D eigenvalue weighted by Gasteiger charge is -2.29. The van der Waals surface area contributed by atoms with Gasteiger partial charge in [-0.15, -0.1) is 0 Å². The number of carbonyl (C=O) groups is 2. The van der Waals surface area contributed by atoms with Gasteiger partial charge in [0.25, 0.3) is 0 Å². The van der Waals surface area contributed by atoms with Crippen LogP contribution in [0.4, 0.5) is 0 Å². The van der Waals surface area contributed by atoms with E-state index in [1.54, 1.807) is 13.0 Å². The first kappa shape index (κ1) is 18.9. The van der Waals surface area contributed by atoms with Crippen LogP contribution < -0.4 is 16.0 Å². The number of hydrogen-bond donors (Lipinski definition) is 2. The Morgan fingerprint density at radius 2 is 1.96 bits per heavy atom. The number of amides is 1. The number of aryl methyl sites for hydroxylation is 1. The topological polar surface area (TPSA) is 120 Å². The van der Waals surface area contributed by atoms with Gasteiger partial charge in [0.1, 0.15) is 11.3 Å². The third kappa shape index (κ3) is 4.30. The average Bonchev–Trinajstić information content (AvgIpc) is 2.63. The molecule has 0 radical (unpaired) electrons. The molecule has 1 aromatic heterocycles. The number of phenolic OH excluding ortho intramolecular Hbond substituents is 1. The molecule has 0 aliphatic heterocycles. The van der Waals surface area contributed by atoms with Crippen LogP contribution in [0.25, 0.3) is 11.0 Å². The lowest BCUT2D eigenvalue weighted by Crippen LogP contribution is -2.37. The van der Waals surface area contributed by atoms with E-state index in [0.717, 1.165) is 12.8 Å². The predicted molar refractivity (Wildman–Crippen MR) is 96.1 cm³/mol. The number of carboxylic acids is 1. The largest absolute Gasteiger partial charge is 0.550 e. The number of phenols is 1. The van der Waals surface area contributed by atoms with Gasteiger partial charge in [-0.2, -0.15) is 0 Å². The van der Waals surface area contributed by atoms with Crippen LogP contribution in [0.1, 0.15) is 36.8 Å². The summed E-state index contributed by atoms with van der Waals surface area (Å²) in [5.41, 5.74) is 0.713. The van der Waals surface area contributed by atoms with E-state index in [4.69, 9.17) is 4.42 Å². The summed E-state index contributed by atoms with van der Waals surface area (Å²) < 4.78 is 5.18. The fraction of sp³-hybridized carbons (Fsp3) is 0.450. The summed E-state index contributed by atoms with van der Waals surface area (Å²) in [7, 11) is 0. The van der Waals surface area contributed by atoms with Crippen molar-refractivity contribution < 1.29 is 24.2 Å². The Bertz CT molecular complexity index is 924. The van der Waals surface area contributed by atoms with Gasteiger partial charge in [0.15, 0.2) is 0 Å². The smallest absolute Gasteiger partial charge is 0.336 e. The standard InChI is InChI=1S/C20H23NO6/c1-11-16(22)7-6-15-14(9-18(24)27-19(11)15)8-17(23)21-10-12-2-4-13(5-3-12)20(25)26/h6-7,9,12-13,22H,2-5,8,10H2,1H3,(H,21,23)(H,25,26)/p-1. The number of benzene rings is 1. The number of hydrogen-bond acceptors (Lipinski definition) is 6. The Balaban J connectivity index is 1.64. The van der Waals surface area contributed by atoms with Gasteiger partial charge >= 0.3 is 5.63 Å². The van der Waals surface area contributed by atoms with Crippen molar-refractivity contribution in [3.8, 4) is 5.75 Å². The van der Waals surface area contributed by atoms with Gasteiger partial charge in [0.2, 0.25) is 5.91 Å². The third-order valence-corrected chi connectivity index (χ3v) is 5.34. The Morgan fingerprint density at radius 1 is 1.26 bits per heavy atom. The second-order valence-electron chi connectivity index (χ2n) is 7.19. The van der Waals surface area contributed by atoms with E-state index in [9.17, 15) is 24.6 Å². The minimum atomic E-state index is -0.992. The summed E-state index contributed by atoms with van der Waals surface area (Å²) in [6.07, 6.45) is 2.68. The van der Waals surface area contributed by atoms with E-state index in [1.165, 1.54) is 12.1 Å². The van der Waals surface area contributed by atoms with Crippen molar-refractivity contribution in [2.45, 2.75) is 39.0 Å². The van der Waals surface area contributed by atoms with E-state index in [-0.39, 0.29) is 35.5 Å². The second-order valence-corrected chi connectivity index (χ2v) is 7.19. The van der Waals surface area contributed by atoms with Crippen molar-refractivity contribution in [3.63, 3.8) is 0 Å². The molecule has 1 aliphatic rings. The van der Waals surface area contributed by atoms with Crippen molar-refractivity contribution >= 4 is 22.8 Å². The molecular formula is C20H22NO6-. The van der Waals surface area contributed by atoms with Gasteiger partial charge in [0, 0.05) is 29.5 Å². The fourth-order valence-corrected chi connectivity index (χ4v) is 3.66. The lowest BCUT2D eigenvalue weighted by molar-refractivity contribution is -0.312. The molecule has 0 atom stereocenters. The zero-order valence-corrected chi connectivity index (χ0v) is 15.1. The molecule has 0 bridgehead atoms. The summed E-state index contributed by atoms with van der Waals surface area (Å²) in [6.45, 7) is 2.13. The van der Waals surface area contributed by atoms with Crippen LogP contribution in [0, 0.1) is 18.8 Å². The molecule has 0 spiro atoms. The van der Waals surface area contributed by atoms with Gasteiger partial charge in [-0.3, -0.25) is 4.79 Å². The molecule has 1 fully saturated rings. The maximum Gasteiger partial charge on any atom is 0.336 e. The molecule has 7 heteroatoms. The molecular weight excluding hydrogens is 350 g/mol. The van der Waals surface area contributed by atoms with Crippen LogP contribution in [-0.4, -0.2) is 23.5 Å². The number of aliphatic carboxylic acids is 1. The molecule has 1 aromatic carbocycles. The van der Waals surface area contributed by atoms with Crippen molar-refractivity contribution in [1.29, 1.82) is 0 Å². The van der Waals surface area contributed by atoms with Crippen LogP contribution in [0.5, 0.6) is 5.75 Å². The number of aromatic hydroxyl groups is 1. The highest BCUT2D eigenvalue weighted by Crippen LogP contribution is 2.29. The van der Waals surface area contributed by atoms with Crippen LogP contribution in [0.15, 0.2) is 27.4 Å². The molecule has 0 saturated heterocycles. The Labute approximate surface area is 156 Å². The van der Waals surface area contributed by atoms with Crippen LogP contribution in [0.3, 0.4) is 0 Å². The minimum absolute atomic E-state index is 0.0272. The van der Waals surface area contributed by atoms with Crippen LogP contribution in [0.2, 0.25) is 0 Å². The first-order valence-electron chi connectivity index (χ1n) is 9.08. The molecule has 1 amide bonds. The van der Waals surface area contributed by atoms with Gasteiger partial charge < -0.3 is 24.7 Å². The quantitative estimate of drug-likeness (QED) is 0.756. The number of nitrogens with one attached hydrogen (secondary N) is 1. The first-order valence-corrected chi connectivity index (χ1v) is 9.08. The van der Waals surface area contributed by atoms with Gasteiger partial charge in [0.05, 0.1) is 6.42 Å². The molecule has 27 heavy (non-hydrogen) atoms. The molecule has 144 valence electrons. The molecule has 2 aromatic rings. The van der Waals surface area contributed by atoms with Crippen molar-refractivity contribution in [3.05, 3.63) is 39.7 Å². The minimum Gasteiger partial charge on any atom is -0.550 e. The number of carbonyl (C=O) groups excluding carboxylic acids is 2. The Kier molecular flexibility index (Phi) is 5.48. The van der Waals surface area contributed by atoms with Gasteiger partial charge in [-0.05, 0) is 62.1 Å². The molecule has 0 unspecified atom stereocenters. The Morgan fingerprint density at radius 3 is 2.63 bits per heavy atom. The van der Waals surface area contributed by atoms with Crippen molar-refractivity contribution in [2.24, 2.45) is 11.8 Å². The predicted octanol–water partition coefficient (Wildman–Crippen LogP) is 1.02. The highest BCUT2D eigenvalue weighted by molar-refractivity contribution is 5.89. The molecule has 3 rings (SSSR count). The molecule has 2 N–H and O–H groups in total. The van der Waals surface area contributed by atoms with Crippen LogP contribution >= 0.6 is 0 Å². The maximum atomic E-state index is 12.3. The van der Waals surface area contributed by atoms with Gasteiger partial charge in [-0.25, -0.2) is 4.79 Å². The van der Waals surface area contributed by atoms with E-state index < -0.39 is 11.6 Å². The summed E-state index contributed by atoms with van der Waals surface area (Å²) >= 11 is 0. The monoisotopic (exact) mass is 372 g/mol. The highest BCUT2D eigenvalue weighted by Gasteiger charge is 2.22. The van der Waals surface area contributed by atoms with Crippen molar-refractivity contribution in [1.82, 2.24) is 5.32 Å². The van der Waals surface area contributed by atoms with Crippen LogP contribution in [-0.2, 0) is 16.0 Å². The van der Waals surface area contributed by atoms with E-state index in [1.807, 2.05) is 0 Å². The summed E-state index contributed by atoms with van der Waals surface area (Å²) in [6, 6.07) is 4.43. The number of rotatable bonds is 5. The molecule has 1 saturated carbocycles. The molecule has 1 heterocycles. The zero-order valence-electron chi connectivity index (χ0n) is 15.1. The summed E-state index contributed by atoms with van der Waals surface area (Å²) in [5, 5.41) is 24.2. The van der Waals surface area contributed by atoms with E-state index >= 15 is 0 Å². The molecule has 7 nitrogen and oxygen atoms in total. The summed E-state index contributed by atoms with van der Waals surface area (Å²) in [4.78, 5) is 35.0. The SMILES string of the molecule is Cc1c(O)ccc2c(CC(=O)NCC3CCC(C(=O)[O-])CC3)cc(=O)oc12. The third-order valence-electron chi connectivity index (χ3n) is 5.34. The highest BCUT2D eigenvalue weighted by atomic mass is 16.4. The Hall–Kier alpha value is -2.83. The fourth-order valence-electron chi connectivity index (χ4n) is 3.66. The van der Waals surface area contributed by atoms with Gasteiger partial charge in [-0.1, -0.05) is 0 Å². The number of fused-ring (bicyclic) bond motifs is 1. The molecule has 1 aliphatic carbocycles. The average molecular weight is 372 g/mol. The number of carboxylic acid groups (broad SMARTS) is 1. The summed E-state index contributed by atoms with van der Waals surface area (Å²) in [5.74, 6) is -1.31.